The standard InChI is InChI=1S/C18H26N2O3.C16H24N2O2.C14H21N.2C12H17N.C11H15N/c1-18(2,3)23-17(21)20-9-6-14(7-10-20)19-15-4-5-16-13(12-15)8-11-22-16;1-16(2,3)20-15(19)18-11-9-14(10-12-18)17-13-7-5-4-6-8-13;1-10-8-14(9-11(2)12(10)3)15-13-6-4-5-7-13;1-10-6-8-12(9-7-10)13-11-4-2-3-5-11;1-3-7-11(8-4-1)13-12-9-5-2-6-10-12;1-2-6-10(7-3-1)12-11-8-4-5-9-11/h4-5,12,14,19H,6-11H2,1-3H3;4-8,14,17H,9-12H2,1-3H3;8-9,13,15H,4-7H2,1-3H3;6-9,11,13H,2-5H2,1H3;1,3-4,7-8,12-13H,2,5-6,9-10H2;1-3,6-7,11-12H,4-5,8-9H2. The first-order chi connectivity index (χ1) is 46.3. The van der Waals surface area contributed by atoms with Crippen LogP contribution in [0.15, 0.2) is 146 Å². The number of ether oxygens (including phenoxy) is 3. The van der Waals surface area contributed by atoms with E-state index in [9.17, 15) is 9.59 Å². The van der Waals surface area contributed by atoms with Crippen LogP contribution in [0.2, 0.25) is 0 Å². The number of likely N-dealkylation sites (tertiary alicyclic amines) is 2. The Morgan fingerprint density at radius 1 is 0.375 bits per heavy atom. The molecule has 0 aromatic heterocycles. The summed E-state index contributed by atoms with van der Waals surface area (Å²) in [5, 5.41) is 21.4. The second-order valence-electron chi connectivity index (χ2n) is 29.7. The van der Waals surface area contributed by atoms with E-state index in [1.165, 1.54) is 160 Å². The highest BCUT2D eigenvalue weighted by Crippen LogP contribution is 2.31. The summed E-state index contributed by atoms with van der Waals surface area (Å²) in [6.07, 6.45) is 27.7. The Labute approximate surface area is 578 Å². The SMILES string of the molecule is CC(C)(C)OC(=O)N1CCC(Nc2ccc3c(c2)CCO3)CC1.CC(C)(C)OC(=O)N1CCC(Nc2ccccc2)CC1.Cc1cc(NC2CCCC2)cc(C)c1C.Cc1ccc(NC2CCCC2)cc1.c1ccc(NC2CCCC2)cc1.c1ccc(NC2CCCCC2)cc1. The summed E-state index contributed by atoms with van der Waals surface area (Å²) >= 11 is 0. The number of carbonyl (C=O) groups excluding carboxylic acids is 2. The van der Waals surface area contributed by atoms with Crippen LogP contribution in [0.3, 0.4) is 0 Å². The number of fused-ring (bicyclic) bond motifs is 1. The Morgan fingerprint density at radius 2 is 0.688 bits per heavy atom. The number of benzene rings is 6. The number of hydrogen-bond acceptors (Lipinski definition) is 11. The number of hydrogen-bond donors (Lipinski definition) is 6. The minimum atomic E-state index is -0.432. The van der Waals surface area contributed by atoms with Crippen LogP contribution in [0.25, 0.3) is 0 Å². The molecule has 6 fully saturated rings. The summed E-state index contributed by atoms with van der Waals surface area (Å²) in [4.78, 5) is 27.6. The second-order valence-corrected chi connectivity index (χ2v) is 29.7. The van der Waals surface area contributed by atoms with Crippen LogP contribution in [0, 0.1) is 27.7 Å². The lowest BCUT2D eigenvalue weighted by Gasteiger charge is -2.34. The van der Waals surface area contributed by atoms with E-state index in [1.54, 1.807) is 9.80 Å². The zero-order valence-electron chi connectivity index (χ0n) is 60.3. The molecule has 0 atom stereocenters. The Balaban J connectivity index is 0.000000150. The highest BCUT2D eigenvalue weighted by atomic mass is 16.6. The Bertz CT molecular complexity index is 3140. The van der Waals surface area contributed by atoms with Crippen molar-refractivity contribution in [3.8, 4) is 5.75 Å². The van der Waals surface area contributed by atoms with Gasteiger partial charge in [-0.3, -0.25) is 0 Å². The summed E-state index contributed by atoms with van der Waals surface area (Å²) in [7, 11) is 0. The Hall–Kier alpha value is -7.54. The van der Waals surface area contributed by atoms with E-state index in [0.717, 1.165) is 100 Å². The van der Waals surface area contributed by atoms with Crippen molar-refractivity contribution in [2.45, 2.75) is 258 Å². The van der Waals surface area contributed by atoms with Gasteiger partial charge in [0.2, 0.25) is 0 Å². The number of nitrogens with zero attached hydrogens (tertiary/aromatic N) is 2. The van der Waals surface area contributed by atoms with Gasteiger partial charge in [-0.1, -0.05) is 130 Å². The topological polar surface area (TPSA) is 140 Å². The molecule has 6 aromatic rings. The van der Waals surface area contributed by atoms with Gasteiger partial charge in [-0.15, -0.1) is 0 Å². The van der Waals surface area contributed by atoms with Crippen molar-refractivity contribution in [1.29, 1.82) is 0 Å². The van der Waals surface area contributed by atoms with E-state index in [1.807, 2.05) is 65.8 Å². The van der Waals surface area contributed by atoms with E-state index >= 15 is 0 Å². The molecule has 13 rings (SSSR count). The lowest BCUT2D eigenvalue weighted by atomic mass is 9.95. The third-order valence-electron chi connectivity index (χ3n) is 19.2. The predicted molar refractivity (Wildman–Crippen MR) is 404 cm³/mol. The number of amides is 2. The highest BCUT2D eigenvalue weighted by molar-refractivity contribution is 5.69. The number of piperidine rings is 2. The third-order valence-corrected chi connectivity index (χ3v) is 19.2. The van der Waals surface area contributed by atoms with E-state index in [0.29, 0.717) is 18.1 Å². The average molecular weight is 1310 g/mol. The van der Waals surface area contributed by atoms with Gasteiger partial charge in [-0.25, -0.2) is 9.59 Å². The summed E-state index contributed by atoms with van der Waals surface area (Å²) < 4.78 is 16.4. The first-order valence-electron chi connectivity index (χ1n) is 36.9. The number of rotatable bonds is 12. The maximum Gasteiger partial charge on any atom is 0.410 e. The smallest absolute Gasteiger partial charge is 0.410 e. The first-order valence-corrected chi connectivity index (χ1v) is 36.9. The van der Waals surface area contributed by atoms with Gasteiger partial charge in [-0.05, 0) is 247 Å². The Kier molecular flexibility index (Phi) is 29.7. The first kappa shape index (κ1) is 74.3. The molecule has 0 unspecified atom stereocenters. The lowest BCUT2D eigenvalue weighted by molar-refractivity contribution is 0.0199. The van der Waals surface area contributed by atoms with E-state index in [2.05, 4.69) is 181 Å². The molecular weight excluding hydrogens is 1190 g/mol. The molecule has 2 amide bonds. The van der Waals surface area contributed by atoms with Crippen molar-refractivity contribution in [2.75, 3.05) is 64.7 Å². The maximum absolute atomic E-state index is 12.1. The van der Waals surface area contributed by atoms with Crippen molar-refractivity contribution >= 4 is 46.3 Å². The highest BCUT2D eigenvalue weighted by Gasteiger charge is 2.29. The molecule has 13 heteroatoms. The summed E-state index contributed by atoms with van der Waals surface area (Å²) in [6, 6.07) is 54.5. The number of para-hydroxylation sites is 3. The molecule has 522 valence electrons. The molecule has 3 aliphatic heterocycles. The van der Waals surface area contributed by atoms with Gasteiger partial charge in [0.15, 0.2) is 0 Å². The van der Waals surface area contributed by atoms with Crippen LogP contribution >= 0.6 is 0 Å². The molecule has 13 nitrogen and oxygen atoms in total. The van der Waals surface area contributed by atoms with Crippen molar-refractivity contribution in [3.05, 3.63) is 173 Å². The van der Waals surface area contributed by atoms with Crippen molar-refractivity contribution in [3.63, 3.8) is 0 Å². The third kappa shape index (κ3) is 27.2. The molecule has 2 saturated heterocycles. The molecule has 3 heterocycles. The van der Waals surface area contributed by atoms with Gasteiger partial charge in [0.25, 0.3) is 0 Å². The minimum absolute atomic E-state index is 0.198. The molecule has 0 bridgehead atoms. The average Bonchev–Trinajstić information content (AvgIpc) is 1.81. The van der Waals surface area contributed by atoms with Crippen LogP contribution in [0.4, 0.5) is 43.7 Å². The number of anilines is 6. The fourth-order valence-electron chi connectivity index (χ4n) is 13.6. The van der Waals surface area contributed by atoms with Gasteiger partial charge >= 0.3 is 12.2 Å². The second kappa shape index (κ2) is 38.4. The number of aryl methyl sites for hydroxylation is 3. The Morgan fingerprint density at radius 3 is 1.05 bits per heavy atom. The zero-order valence-corrected chi connectivity index (χ0v) is 60.3. The molecule has 6 aromatic carbocycles. The van der Waals surface area contributed by atoms with Crippen LogP contribution in [0.1, 0.15) is 204 Å². The summed E-state index contributed by atoms with van der Waals surface area (Å²) in [5.41, 5.74) is 13.4. The van der Waals surface area contributed by atoms with E-state index in [4.69, 9.17) is 14.2 Å². The molecule has 96 heavy (non-hydrogen) atoms. The van der Waals surface area contributed by atoms with Gasteiger partial charge in [0, 0.05) is 103 Å². The fourth-order valence-corrected chi connectivity index (χ4v) is 13.6. The van der Waals surface area contributed by atoms with Crippen molar-refractivity contribution in [2.24, 2.45) is 0 Å². The van der Waals surface area contributed by atoms with Gasteiger partial charge in [0.1, 0.15) is 17.0 Å². The zero-order chi connectivity index (χ0) is 68.1. The van der Waals surface area contributed by atoms with Crippen LogP contribution < -0.4 is 36.6 Å². The molecule has 4 aliphatic carbocycles. The molecule has 6 N–H and O–H groups in total. The summed E-state index contributed by atoms with van der Waals surface area (Å²) in [6.45, 7) is 23.9. The molecule has 0 spiro atoms. The van der Waals surface area contributed by atoms with Gasteiger partial charge < -0.3 is 55.9 Å². The molecule has 0 radical (unpaired) electrons. The van der Waals surface area contributed by atoms with Crippen LogP contribution in [-0.2, 0) is 15.9 Å². The fraction of sp³-hybridized carbons (Fsp3) is 0.542. The van der Waals surface area contributed by atoms with E-state index in [-0.39, 0.29) is 12.2 Å². The van der Waals surface area contributed by atoms with E-state index < -0.39 is 11.2 Å². The minimum Gasteiger partial charge on any atom is -0.493 e. The molecule has 4 saturated carbocycles. The predicted octanol–water partition coefficient (Wildman–Crippen LogP) is 20.7. The van der Waals surface area contributed by atoms with Crippen LogP contribution in [0.5, 0.6) is 5.75 Å². The van der Waals surface area contributed by atoms with Crippen molar-refractivity contribution in [1.82, 2.24) is 9.80 Å². The van der Waals surface area contributed by atoms with Crippen molar-refractivity contribution < 1.29 is 23.8 Å². The maximum atomic E-state index is 12.1. The van der Waals surface area contributed by atoms with Gasteiger partial charge in [0.05, 0.1) is 6.61 Å². The van der Waals surface area contributed by atoms with Crippen LogP contribution in [-0.4, -0.2) is 102 Å². The normalized spacial score (nSPS) is 17.7. The number of carbonyl (C=O) groups is 2. The molecular formula is C83H120N8O5. The number of nitrogens with one attached hydrogen (secondary N) is 6. The molecule has 7 aliphatic rings. The monoisotopic (exact) mass is 1310 g/mol. The quantitative estimate of drug-likeness (QED) is 0.0698. The largest absolute Gasteiger partial charge is 0.493 e. The lowest BCUT2D eigenvalue weighted by Crippen LogP contribution is -2.44. The summed E-state index contributed by atoms with van der Waals surface area (Å²) in [5.74, 6) is 1.01. The van der Waals surface area contributed by atoms with Gasteiger partial charge in [-0.2, -0.15) is 0 Å².